The van der Waals surface area contributed by atoms with Gasteiger partial charge < -0.3 is 9.47 Å². The molecule has 0 amide bonds. The van der Waals surface area contributed by atoms with Gasteiger partial charge in [0.05, 0.1) is 12.8 Å². The lowest BCUT2D eigenvalue weighted by Gasteiger charge is -2.29. The Morgan fingerprint density at radius 2 is 1.30 bits per heavy atom. The van der Waals surface area contributed by atoms with Gasteiger partial charge in [-0.2, -0.15) is 0 Å². The molecule has 0 fully saturated rings. The van der Waals surface area contributed by atoms with E-state index in [1.54, 1.807) is 7.11 Å². The molecule has 0 unspecified atom stereocenters. The van der Waals surface area contributed by atoms with Crippen molar-refractivity contribution in [3.8, 4) is 17.4 Å². The normalized spacial score (nSPS) is 12.1. The first-order chi connectivity index (χ1) is 10.6. The summed E-state index contributed by atoms with van der Waals surface area (Å²) < 4.78 is 11.1. The molecular weight excluding hydrogens is 286 g/mol. The highest BCUT2D eigenvalue weighted by Gasteiger charge is 2.27. The molecule has 3 heteroatoms. The van der Waals surface area contributed by atoms with E-state index in [4.69, 9.17) is 14.5 Å². The van der Waals surface area contributed by atoms with E-state index < -0.39 is 0 Å². The van der Waals surface area contributed by atoms with E-state index in [-0.39, 0.29) is 10.8 Å². The van der Waals surface area contributed by atoms with Crippen LogP contribution in [0, 0.1) is 0 Å². The van der Waals surface area contributed by atoms with Crippen LogP contribution in [0.1, 0.15) is 52.8 Å². The van der Waals surface area contributed by atoms with Gasteiger partial charge in [0.25, 0.3) is 0 Å². The van der Waals surface area contributed by atoms with Crippen molar-refractivity contribution in [1.82, 2.24) is 4.98 Å². The number of benzene rings is 1. The Hall–Kier alpha value is -2.03. The Morgan fingerprint density at radius 3 is 1.78 bits per heavy atom. The number of nitrogens with zero attached hydrogens (tertiary/aromatic N) is 1. The van der Waals surface area contributed by atoms with Crippen LogP contribution in [0.4, 0.5) is 0 Å². The van der Waals surface area contributed by atoms with Gasteiger partial charge in [-0.3, -0.25) is 0 Å². The predicted molar refractivity (Wildman–Crippen MR) is 94.7 cm³/mol. The average molecular weight is 313 g/mol. The van der Waals surface area contributed by atoms with Crippen LogP contribution in [0.5, 0.6) is 17.4 Å². The summed E-state index contributed by atoms with van der Waals surface area (Å²) in [6.07, 6.45) is 0. The second-order valence-corrected chi connectivity index (χ2v) is 7.82. The lowest BCUT2D eigenvalue weighted by atomic mass is 9.78. The minimum absolute atomic E-state index is 0.0398. The molecule has 0 atom stereocenters. The van der Waals surface area contributed by atoms with Gasteiger partial charge in [0, 0.05) is 11.5 Å². The van der Waals surface area contributed by atoms with Gasteiger partial charge in [-0.15, -0.1) is 0 Å². The van der Waals surface area contributed by atoms with Crippen LogP contribution in [0.25, 0.3) is 0 Å². The van der Waals surface area contributed by atoms with Gasteiger partial charge >= 0.3 is 0 Å². The molecule has 0 spiro atoms. The van der Waals surface area contributed by atoms with E-state index in [1.165, 1.54) is 5.56 Å². The number of ether oxygens (including phenoxy) is 2. The van der Waals surface area contributed by atoms with E-state index in [9.17, 15) is 0 Å². The zero-order chi connectivity index (χ0) is 17.3. The molecule has 0 saturated heterocycles. The second-order valence-electron chi connectivity index (χ2n) is 7.82. The van der Waals surface area contributed by atoms with Crippen LogP contribution in [-0.4, -0.2) is 12.1 Å². The summed E-state index contributed by atoms with van der Waals surface area (Å²) in [6, 6.07) is 11.6. The van der Waals surface area contributed by atoms with Gasteiger partial charge in [-0.25, -0.2) is 4.98 Å². The highest BCUT2D eigenvalue weighted by Crippen LogP contribution is 2.34. The maximum atomic E-state index is 5.91. The molecule has 1 aromatic carbocycles. The van der Waals surface area contributed by atoms with Gasteiger partial charge in [0.15, 0.2) is 0 Å². The maximum Gasteiger partial charge on any atom is 0.219 e. The zero-order valence-corrected chi connectivity index (χ0v) is 15.2. The van der Waals surface area contributed by atoms with Crippen LogP contribution >= 0.6 is 0 Å². The molecule has 23 heavy (non-hydrogen) atoms. The molecule has 2 rings (SSSR count). The lowest BCUT2D eigenvalue weighted by Crippen LogP contribution is -2.23. The first kappa shape index (κ1) is 17.3. The fourth-order valence-electron chi connectivity index (χ4n) is 2.44. The summed E-state index contributed by atoms with van der Waals surface area (Å²) in [4.78, 5) is 4.79. The van der Waals surface area contributed by atoms with Crippen LogP contribution < -0.4 is 9.47 Å². The molecule has 0 aliphatic rings. The van der Waals surface area contributed by atoms with E-state index in [2.05, 4.69) is 47.6 Å². The molecule has 2 aromatic rings. The number of pyridine rings is 1. The SMILES string of the molecule is COc1ccc(Oc2ccc(C(C)(C)C)c(C(C)(C)C)n2)cc1. The Bertz CT molecular complexity index is 662. The molecule has 3 nitrogen and oxygen atoms in total. The minimum Gasteiger partial charge on any atom is -0.497 e. The quantitative estimate of drug-likeness (QED) is 0.752. The third-order valence-corrected chi connectivity index (χ3v) is 3.67. The van der Waals surface area contributed by atoms with Crippen molar-refractivity contribution in [2.24, 2.45) is 0 Å². The molecule has 0 radical (unpaired) electrons. The Balaban J connectivity index is 2.37. The molecule has 1 aromatic heterocycles. The molecule has 0 aliphatic carbocycles. The Morgan fingerprint density at radius 1 is 0.739 bits per heavy atom. The average Bonchev–Trinajstić information content (AvgIpc) is 2.46. The maximum absolute atomic E-state index is 5.91. The van der Waals surface area contributed by atoms with E-state index in [1.807, 2.05) is 30.3 Å². The van der Waals surface area contributed by atoms with Gasteiger partial charge in [0.2, 0.25) is 5.88 Å². The van der Waals surface area contributed by atoms with Gasteiger partial charge in [-0.05, 0) is 35.2 Å². The minimum atomic E-state index is -0.0398. The second kappa shape index (κ2) is 6.23. The summed E-state index contributed by atoms with van der Waals surface area (Å²) in [5.74, 6) is 2.18. The highest BCUT2D eigenvalue weighted by atomic mass is 16.5. The van der Waals surface area contributed by atoms with Crippen LogP contribution in [0.3, 0.4) is 0 Å². The summed E-state index contributed by atoms with van der Waals surface area (Å²) in [5, 5.41) is 0. The smallest absolute Gasteiger partial charge is 0.219 e. The highest BCUT2D eigenvalue weighted by molar-refractivity contribution is 5.38. The van der Waals surface area contributed by atoms with Gasteiger partial charge in [0.1, 0.15) is 11.5 Å². The van der Waals surface area contributed by atoms with Crippen LogP contribution in [0.15, 0.2) is 36.4 Å². The lowest BCUT2D eigenvalue weighted by molar-refractivity contribution is 0.411. The molecule has 1 heterocycles. The standard InChI is InChI=1S/C20H27NO2/c1-19(2,3)16-12-13-17(21-18(16)20(4,5)6)23-15-10-8-14(22-7)9-11-15/h8-13H,1-7H3. The number of hydrogen-bond acceptors (Lipinski definition) is 3. The van der Waals surface area contributed by atoms with Crippen molar-refractivity contribution in [3.05, 3.63) is 47.7 Å². The van der Waals surface area contributed by atoms with Crippen molar-refractivity contribution < 1.29 is 9.47 Å². The summed E-state index contributed by atoms with van der Waals surface area (Å²) >= 11 is 0. The van der Waals surface area contributed by atoms with Crippen molar-refractivity contribution >= 4 is 0 Å². The van der Waals surface area contributed by atoms with Crippen molar-refractivity contribution in [2.75, 3.05) is 7.11 Å². The zero-order valence-electron chi connectivity index (χ0n) is 15.2. The van der Waals surface area contributed by atoms with E-state index >= 15 is 0 Å². The third-order valence-electron chi connectivity index (χ3n) is 3.67. The largest absolute Gasteiger partial charge is 0.497 e. The van der Waals surface area contributed by atoms with Crippen molar-refractivity contribution in [1.29, 1.82) is 0 Å². The number of rotatable bonds is 3. The summed E-state index contributed by atoms with van der Waals surface area (Å²) in [5.41, 5.74) is 2.35. The first-order valence-electron chi connectivity index (χ1n) is 7.95. The van der Waals surface area contributed by atoms with Crippen molar-refractivity contribution in [2.45, 2.75) is 52.4 Å². The predicted octanol–water partition coefficient (Wildman–Crippen LogP) is 5.48. The molecule has 0 saturated carbocycles. The fraction of sp³-hybridized carbons (Fsp3) is 0.450. The topological polar surface area (TPSA) is 31.4 Å². The Labute approximate surface area is 139 Å². The molecule has 0 bridgehead atoms. The first-order valence-corrected chi connectivity index (χ1v) is 7.95. The molecular formula is C20H27NO2. The van der Waals surface area contributed by atoms with Gasteiger partial charge in [-0.1, -0.05) is 47.6 Å². The van der Waals surface area contributed by atoms with Crippen LogP contribution in [-0.2, 0) is 10.8 Å². The van der Waals surface area contributed by atoms with Crippen molar-refractivity contribution in [3.63, 3.8) is 0 Å². The number of methoxy groups -OCH3 is 1. The Kier molecular flexibility index (Phi) is 4.69. The third kappa shape index (κ3) is 4.25. The van der Waals surface area contributed by atoms with E-state index in [0.717, 1.165) is 17.2 Å². The summed E-state index contributed by atoms with van der Waals surface area (Å²) in [7, 11) is 1.65. The van der Waals surface area contributed by atoms with E-state index in [0.29, 0.717) is 5.88 Å². The molecule has 0 N–H and O–H groups in total. The number of aromatic nitrogens is 1. The molecule has 124 valence electrons. The fourth-order valence-corrected chi connectivity index (χ4v) is 2.44. The monoisotopic (exact) mass is 313 g/mol. The number of hydrogen-bond donors (Lipinski definition) is 0. The summed E-state index contributed by atoms with van der Waals surface area (Å²) in [6.45, 7) is 13.2. The molecule has 0 aliphatic heterocycles. The van der Waals surface area contributed by atoms with Crippen LogP contribution in [0.2, 0.25) is 0 Å².